The third-order valence-electron chi connectivity index (χ3n) is 2.05. The van der Waals surface area contributed by atoms with E-state index in [4.69, 9.17) is 4.74 Å². The van der Waals surface area contributed by atoms with Crippen LogP contribution in [0.3, 0.4) is 0 Å². The zero-order valence-corrected chi connectivity index (χ0v) is 9.18. The number of aromatic nitrogens is 2. The summed E-state index contributed by atoms with van der Waals surface area (Å²) in [6.45, 7) is 6.97. The molecular weight excluding hydrogens is 194 g/mol. The zero-order valence-electron chi connectivity index (χ0n) is 9.18. The summed E-state index contributed by atoms with van der Waals surface area (Å²) in [7, 11) is 0. The lowest BCUT2D eigenvalue weighted by Crippen LogP contribution is -2.24. The molecule has 1 aliphatic heterocycles. The van der Waals surface area contributed by atoms with Crippen molar-refractivity contribution >= 4 is 5.97 Å². The predicted octanol–water partition coefficient (Wildman–Crippen LogP) is 0.968. The SMILES string of the molecule is CC(C)(C)OC(=O)c1nc2c([nH]1)CNC2. The molecule has 0 aromatic carbocycles. The molecule has 0 saturated heterocycles. The molecule has 5 nitrogen and oxygen atoms in total. The first kappa shape index (κ1) is 10.2. The van der Waals surface area contributed by atoms with E-state index < -0.39 is 11.6 Å². The first-order valence-electron chi connectivity index (χ1n) is 4.97. The van der Waals surface area contributed by atoms with Gasteiger partial charge in [0.15, 0.2) is 0 Å². The van der Waals surface area contributed by atoms with Gasteiger partial charge in [-0.2, -0.15) is 0 Å². The predicted molar refractivity (Wildman–Crippen MR) is 54.3 cm³/mol. The van der Waals surface area contributed by atoms with E-state index in [1.807, 2.05) is 20.8 Å². The first-order chi connectivity index (χ1) is 6.96. The first-order valence-corrected chi connectivity index (χ1v) is 4.97. The third-order valence-corrected chi connectivity index (χ3v) is 2.05. The zero-order chi connectivity index (χ0) is 11.1. The highest BCUT2D eigenvalue weighted by molar-refractivity contribution is 5.85. The molecule has 0 amide bonds. The number of carbonyl (C=O) groups excluding carboxylic acids is 1. The number of imidazole rings is 1. The highest BCUT2D eigenvalue weighted by Crippen LogP contribution is 2.15. The van der Waals surface area contributed by atoms with Crippen LogP contribution in [0.4, 0.5) is 0 Å². The van der Waals surface area contributed by atoms with Gasteiger partial charge in [-0.05, 0) is 20.8 Å². The Balaban J connectivity index is 2.13. The van der Waals surface area contributed by atoms with E-state index in [2.05, 4.69) is 15.3 Å². The van der Waals surface area contributed by atoms with E-state index in [0.717, 1.165) is 17.9 Å². The molecule has 0 radical (unpaired) electrons. The van der Waals surface area contributed by atoms with Gasteiger partial charge in [0.2, 0.25) is 5.82 Å². The summed E-state index contributed by atoms with van der Waals surface area (Å²) in [5.74, 6) is -0.0895. The molecule has 0 saturated carbocycles. The number of hydrogen-bond donors (Lipinski definition) is 2. The molecule has 0 atom stereocenters. The average Bonchev–Trinajstić information content (AvgIpc) is 2.56. The van der Waals surface area contributed by atoms with Crippen LogP contribution in [0.15, 0.2) is 0 Å². The minimum atomic E-state index is -0.480. The molecule has 1 aromatic heterocycles. The second kappa shape index (κ2) is 3.34. The summed E-state index contributed by atoms with van der Waals surface area (Å²) in [6, 6.07) is 0. The maximum absolute atomic E-state index is 11.6. The molecule has 0 bridgehead atoms. The number of aromatic amines is 1. The Morgan fingerprint density at radius 1 is 1.40 bits per heavy atom. The van der Waals surface area contributed by atoms with Crippen molar-refractivity contribution in [1.82, 2.24) is 15.3 Å². The van der Waals surface area contributed by atoms with Crippen LogP contribution >= 0.6 is 0 Å². The van der Waals surface area contributed by atoms with E-state index >= 15 is 0 Å². The molecule has 2 heterocycles. The molecule has 82 valence electrons. The van der Waals surface area contributed by atoms with Gasteiger partial charge in [-0.25, -0.2) is 9.78 Å². The van der Waals surface area contributed by atoms with E-state index in [-0.39, 0.29) is 0 Å². The Hall–Kier alpha value is -1.36. The summed E-state index contributed by atoms with van der Waals surface area (Å²) in [4.78, 5) is 18.8. The quantitative estimate of drug-likeness (QED) is 0.676. The second-order valence-corrected chi connectivity index (χ2v) is 4.62. The summed E-state index contributed by atoms with van der Waals surface area (Å²) >= 11 is 0. The number of ether oxygens (including phenoxy) is 1. The largest absolute Gasteiger partial charge is 0.454 e. The van der Waals surface area contributed by atoms with E-state index in [1.165, 1.54) is 0 Å². The Morgan fingerprint density at radius 3 is 2.73 bits per heavy atom. The number of H-pyrrole nitrogens is 1. The van der Waals surface area contributed by atoms with E-state index in [0.29, 0.717) is 12.4 Å². The third kappa shape index (κ3) is 2.18. The van der Waals surface area contributed by atoms with Gasteiger partial charge in [0.25, 0.3) is 0 Å². The van der Waals surface area contributed by atoms with Crippen LogP contribution in [-0.4, -0.2) is 21.5 Å². The molecular formula is C10H15N3O2. The molecule has 1 aliphatic rings. The summed E-state index contributed by atoms with van der Waals surface area (Å²) < 4.78 is 5.21. The lowest BCUT2D eigenvalue weighted by molar-refractivity contribution is 0.00564. The van der Waals surface area contributed by atoms with Crippen LogP contribution in [0, 0.1) is 0 Å². The smallest absolute Gasteiger partial charge is 0.374 e. The van der Waals surface area contributed by atoms with E-state index in [1.54, 1.807) is 0 Å². The number of rotatable bonds is 1. The van der Waals surface area contributed by atoms with Crippen molar-refractivity contribution in [3.63, 3.8) is 0 Å². The van der Waals surface area contributed by atoms with Gasteiger partial charge >= 0.3 is 5.97 Å². The van der Waals surface area contributed by atoms with Crippen molar-refractivity contribution in [2.45, 2.75) is 39.5 Å². The van der Waals surface area contributed by atoms with Gasteiger partial charge in [-0.1, -0.05) is 0 Å². The number of carbonyl (C=O) groups is 1. The van der Waals surface area contributed by atoms with Gasteiger partial charge in [0.05, 0.1) is 11.4 Å². The number of nitrogens with one attached hydrogen (secondary N) is 2. The molecule has 15 heavy (non-hydrogen) atoms. The molecule has 0 unspecified atom stereocenters. The van der Waals surface area contributed by atoms with Gasteiger partial charge in [0, 0.05) is 13.1 Å². The summed E-state index contributed by atoms with van der Waals surface area (Å²) in [5.41, 5.74) is 1.42. The maximum atomic E-state index is 11.6. The number of esters is 1. The Bertz CT molecular complexity index is 368. The van der Waals surface area contributed by atoms with Crippen molar-refractivity contribution in [3.05, 3.63) is 17.2 Å². The van der Waals surface area contributed by atoms with E-state index in [9.17, 15) is 4.79 Å². The van der Waals surface area contributed by atoms with Crippen molar-refractivity contribution in [3.8, 4) is 0 Å². The Morgan fingerprint density at radius 2 is 2.13 bits per heavy atom. The number of hydrogen-bond acceptors (Lipinski definition) is 4. The molecule has 2 N–H and O–H groups in total. The van der Waals surface area contributed by atoms with Crippen LogP contribution in [0.2, 0.25) is 0 Å². The molecule has 0 aliphatic carbocycles. The topological polar surface area (TPSA) is 67.0 Å². The summed E-state index contributed by atoms with van der Waals surface area (Å²) in [6.07, 6.45) is 0. The molecule has 5 heteroatoms. The van der Waals surface area contributed by atoms with Crippen LogP contribution in [-0.2, 0) is 17.8 Å². The lowest BCUT2D eigenvalue weighted by Gasteiger charge is -2.18. The van der Waals surface area contributed by atoms with Crippen LogP contribution in [0.5, 0.6) is 0 Å². The monoisotopic (exact) mass is 209 g/mol. The van der Waals surface area contributed by atoms with Crippen LogP contribution < -0.4 is 5.32 Å². The minimum Gasteiger partial charge on any atom is -0.454 e. The van der Waals surface area contributed by atoms with Gasteiger partial charge in [-0.15, -0.1) is 0 Å². The Labute approximate surface area is 88.2 Å². The van der Waals surface area contributed by atoms with Crippen molar-refractivity contribution in [2.24, 2.45) is 0 Å². The fourth-order valence-electron chi connectivity index (χ4n) is 1.47. The van der Waals surface area contributed by atoms with Gasteiger partial charge in [-0.3, -0.25) is 0 Å². The van der Waals surface area contributed by atoms with Crippen LogP contribution in [0.1, 0.15) is 42.8 Å². The van der Waals surface area contributed by atoms with Crippen molar-refractivity contribution < 1.29 is 9.53 Å². The van der Waals surface area contributed by atoms with Crippen molar-refractivity contribution in [2.75, 3.05) is 0 Å². The van der Waals surface area contributed by atoms with Crippen LogP contribution in [0.25, 0.3) is 0 Å². The lowest BCUT2D eigenvalue weighted by atomic mass is 10.2. The standard InChI is InChI=1S/C10H15N3O2/c1-10(2,3)15-9(14)8-12-6-4-11-5-7(6)13-8/h11H,4-5H2,1-3H3,(H,12,13). The second-order valence-electron chi connectivity index (χ2n) is 4.62. The molecule has 0 fully saturated rings. The average molecular weight is 209 g/mol. The molecule has 0 spiro atoms. The maximum Gasteiger partial charge on any atom is 0.374 e. The fourth-order valence-corrected chi connectivity index (χ4v) is 1.47. The number of nitrogens with zero attached hydrogens (tertiary/aromatic N) is 1. The van der Waals surface area contributed by atoms with Gasteiger partial charge < -0.3 is 15.0 Å². The molecule has 2 rings (SSSR count). The van der Waals surface area contributed by atoms with Crippen molar-refractivity contribution in [1.29, 1.82) is 0 Å². The minimum absolute atomic E-state index is 0.302. The molecule has 1 aromatic rings. The highest BCUT2D eigenvalue weighted by Gasteiger charge is 2.23. The normalized spacial score (nSPS) is 15.1. The van der Waals surface area contributed by atoms with Gasteiger partial charge in [0.1, 0.15) is 5.60 Å². The summed E-state index contributed by atoms with van der Waals surface area (Å²) in [5, 5.41) is 3.14. The number of fused-ring (bicyclic) bond motifs is 1. The highest BCUT2D eigenvalue weighted by atomic mass is 16.6. The fraction of sp³-hybridized carbons (Fsp3) is 0.600. The Kier molecular flexibility index (Phi) is 2.26.